The first-order chi connectivity index (χ1) is 10.1. The molecule has 0 saturated heterocycles. The van der Waals surface area contributed by atoms with E-state index in [0.29, 0.717) is 17.1 Å². The summed E-state index contributed by atoms with van der Waals surface area (Å²) >= 11 is 0. The number of anilines is 1. The summed E-state index contributed by atoms with van der Waals surface area (Å²) in [7, 11) is 3.10. The smallest absolute Gasteiger partial charge is 0.240 e. The van der Waals surface area contributed by atoms with E-state index in [-0.39, 0.29) is 11.6 Å². The number of ether oxygens (including phenoxy) is 2. The van der Waals surface area contributed by atoms with Crippen LogP contribution in [-0.4, -0.2) is 28.8 Å². The molecule has 0 aliphatic heterocycles. The zero-order valence-electron chi connectivity index (χ0n) is 11.5. The van der Waals surface area contributed by atoms with E-state index in [1.54, 1.807) is 32.5 Å². The average molecular weight is 288 g/mol. The van der Waals surface area contributed by atoms with E-state index >= 15 is 0 Å². The lowest BCUT2D eigenvalue weighted by molar-refractivity contribution is 0.355. The summed E-state index contributed by atoms with van der Waals surface area (Å²) in [6.45, 7) is 0. The fraction of sp³-hybridized carbons (Fsp3) is 0.143. The Morgan fingerprint density at radius 3 is 2.57 bits per heavy atom. The zero-order chi connectivity index (χ0) is 15.0. The van der Waals surface area contributed by atoms with Crippen LogP contribution in [-0.2, 0) is 0 Å². The van der Waals surface area contributed by atoms with E-state index in [1.165, 1.54) is 10.6 Å². The van der Waals surface area contributed by atoms with Gasteiger partial charge in [0.05, 0.1) is 14.2 Å². The number of nitrogens with two attached hydrogens (primary N) is 1. The van der Waals surface area contributed by atoms with Crippen molar-refractivity contribution in [2.24, 2.45) is 0 Å². The number of pyridine rings is 1. The van der Waals surface area contributed by atoms with Gasteiger partial charge in [0.1, 0.15) is 0 Å². The number of fused-ring (bicyclic) bond motifs is 1. The molecular weight excluding hydrogens is 275 g/mol. The Labute approximate surface area is 119 Å². The Hall–Kier alpha value is -2.83. The second kappa shape index (κ2) is 4.93. The van der Waals surface area contributed by atoms with Gasteiger partial charge in [-0.05, 0) is 23.8 Å². The molecule has 0 aliphatic rings. The standard InChI is InChI=1S/C14H13FN4O2/c1-20-11-4-3-8(6-12(11)21-2)9-5-10(15)13-17-14(16)18-19(13)7-9/h3-7H,1-2H3,(H2,16,18). The Morgan fingerprint density at radius 1 is 1.10 bits per heavy atom. The van der Waals surface area contributed by atoms with Crippen LogP contribution in [0.2, 0.25) is 0 Å². The number of rotatable bonds is 3. The molecule has 0 unspecified atom stereocenters. The van der Waals surface area contributed by atoms with Crippen LogP contribution in [0.15, 0.2) is 30.5 Å². The lowest BCUT2D eigenvalue weighted by Gasteiger charge is -2.10. The molecule has 2 N–H and O–H groups in total. The Kier molecular flexibility index (Phi) is 3.09. The first kappa shape index (κ1) is 13.2. The first-order valence-corrected chi connectivity index (χ1v) is 6.16. The fourth-order valence-corrected chi connectivity index (χ4v) is 2.14. The van der Waals surface area contributed by atoms with Crippen molar-refractivity contribution in [3.63, 3.8) is 0 Å². The molecule has 0 amide bonds. The fourth-order valence-electron chi connectivity index (χ4n) is 2.14. The molecule has 2 aromatic heterocycles. The SMILES string of the molecule is COc1ccc(-c2cc(F)c3nc(N)nn3c2)cc1OC. The molecular formula is C14H13FN4O2. The van der Waals surface area contributed by atoms with Gasteiger partial charge in [-0.2, -0.15) is 4.98 Å². The normalized spacial score (nSPS) is 10.8. The maximum Gasteiger partial charge on any atom is 0.240 e. The number of nitrogens with zero attached hydrogens (tertiary/aromatic N) is 3. The topological polar surface area (TPSA) is 74.7 Å². The summed E-state index contributed by atoms with van der Waals surface area (Å²) in [4.78, 5) is 3.82. The van der Waals surface area contributed by atoms with Crippen LogP contribution in [0.5, 0.6) is 11.5 Å². The number of benzene rings is 1. The predicted octanol–water partition coefficient (Wildman–Crippen LogP) is 2.13. The van der Waals surface area contributed by atoms with Gasteiger partial charge >= 0.3 is 0 Å². The largest absolute Gasteiger partial charge is 0.493 e. The van der Waals surface area contributed by atoms with Gasteiger partial charge in [0.2, 0.25) is 5.95 Å². The molecule has 0 atom stereocenters. The minimum Gasteiger partial charge on any atom is -0.493 e. The minimum atomic E-state index is -0.494. The number of halogens is 1. The predicted molar refractivity (Wildman–Crippen MR) is 75.9 cm³/mol. The summed E-state index contributed by atoms with van der Waals surface area (Å²) in [5, 5.41) is 3.92. The van der Waals surface area contributed by atoms with Crippen LogP contribution in [0.4, 0.5) is 10.3 Å². The maximum atomic E-state index is 14.0. The molecule has 0 fully saturated rings. The van der Waals surface area contributed by atoms with Gasteiger partial charge in [-0.25, -0.2) is 8.91 Å². The van der Waals surface area contributed by atoms with Crippen LogP contribution in [0.1, 0.15) is 0 Å². The average Bonchev–Trinajstić information content (AvgIpc) is 2.87. The lowest BCUT2D eigenvalue weighted by Crippen LogP contribution is -1.95. The summed E-state index contributed by atoms with van der Waals surface area (Å²) < 4.78 is 25.8. The van der Waals surface area contributed by atoms with Gasteiger partial charge in [0, 0.05) is 11.8 Å². The number of hydrogen-bond donors (Lipinski definition) is 1. The lowest BCUT2D eigenvalue weighted by atomic mass is 10.1. The molecule has 108 valence electrons. The Morgan fingerprint density at radius 2 is 1.86 bits per heavy atom. The number of hydrogen-bond acceptors (Lipinski definition) is 5. The third-order valence-electron chi connectivity index (χ3n) is 3.12. The molecule has 21 heavy (non-hydrogen) atoms. The first-order valence-electron chi connectivity index (χ1n) is 6.16. The molecule has 7 heteroatoms. The van der Waals surface area contributed by atoms with Crippen LogP contribution >= 0.6 is 0 Å². The number of aromatic nitrogens is 3. The molecule has 3 rings (SSSR count). The van der Waals surface area contributed by atoms with Gasteiger partial charge in [-0.1, -0.05) is 6.07 Å². The van der Waals surface area contributed by atoms with Gasteiger partial charge in [0.25, 0.3) is 0 Å². The molecule has 2 heterocycles. The molecule has 0 saturated carbocycles. The van der Waals surface area contributed by atoms with E-state index in [1.807, 2.05) is 6.07 Å². The van der Waals surface area contributed by atoms with Crippen molar-refractivity contribution in [2.45, 2.75) is 0 Å². The highest BCUT2D eigenvalue weighted by Crippen LogP contribution is 2.32. The Balaban J connectivity index is 2.15. The van der Waals surface area contributed by atoms with Gasteiger partial charge in [0.15, 0.2) is 23.0 Å². The van der Waals surface area contributed by atoms with E-state index in [0.717, 1.165) is 5.56 Å². The maximum absolute atomic E-state index is 14.0. The monoisotopic (exact) mass is 288 g/mol. The molecule has 3 aromatic rings. The third kappa shape index (κ3) is 2.22. The van der Waals surface area contributed by atoms with Crippen LogP contribution < -0.4 is 15.2 Å². The van der Waals surface area contributed by atoms with Crippen molar-refractivity contribution in [1.82, 2.24) is 14.6 Å². The van der Waals surface area contributed by atoms with E-state index in [2.05, 4.69) is 10.1 Å². The van der Waals surface area contributed by atoms with Crippen molar-refractivity contribution in [3.8, 4) is 22.6 Å². The summed E-state index contributed by atoms with van der Waals surface area (Å²) in [5.41, 5.74) is 6.98. The summed E-state index contributed by atoms with van der Waals surface area (Å²) in [5.74, 6) is 0.700. The van der Waals surface area contributed by atoms with Crippen molar-refractivity contribution < 1.29 is 13.9 Å². The van der Waals surface area contributed by atoms with Crippen molar-refractivity contribution in [2.75, 3.05) is 20.0 Å². The number of methoxy groups -OCH3 is 2. The Bertz CT molecular complexity index is 816. The van der Waals surface area contributed by atoms with Crippen molar-refractivity contribution >= 4 is 11.6 Å². The summed E-state index contributed by atoms with van der Waals surface area (Å²) in [6.07, 6.45) is 1.66. The molecule has 0 radical (unpaired) electrons. The highest BCUT2D eigenvalue weighted by molar-refractivity contribution is 5.68. The van der Waals surface area contributed by atoms with E-state index < -0.39 is 5.82 Å². The van der Waals surface area contributed by atoms with E-state index in [4.69, 9.17) is 15.2 Å². The highest BCUT2D eigenvalue weighted by Gasteiger charge is 2.11. The van der Waals surface area contributed by atoms with Crippen LogP contribution in [0.3, 0.4) is 0 Å². The quantitative estimate of drug-likeness (QED) is 0.799. The molecule has 1 aromatic carbocycles. The minimum absolute atomic E-state index is 0.0263. The second-order valence-corrected chi connectivity index (χ2v) is 4.38. The van der Waals surface area contributed by atoms with Crippen molar-refractivity contribution in [1.29, 1.82) is 0 Å². The molecule has 0 bridgehead atoms. The second-order valence-electron chi connectivity index (χ2n) is 4.38. The molecule has 0 aliphatic carbocycles. The zero-order valence-corrected chi connectivity index (χ0v) is 11.5. The summed E-state index contributed by atoms with van der Waals surface area (Å²) in [6, 6.07) is 6.71. The van der Waals surface area contributed by atoms with Crippen molar-refractivity contribution in [3.05, 3.63) is 36.3 Å². The molecule has 6 nitrogen and oxygen atoms in total. The third-order valence-corrected chi connectivity index (χ3v) is 3.12. The van der Waals surface area contributed by atoms with Gasteiger partial charge in [-0.3, -0.25) is 0 Å². The van der Waals surface area contributed by atoms with Crippen LogP contribution in [0.25, 0.3) is 16.8 Å². The highest BCUT2D eigenvalue weighted by atomic mass is 19.1. The van der Waals surface area contributed by atoms with E-state index in [9.17, 15) is 4.39 Å². The van der Waals surface area contributed by atoms with Gasteiger partial charge < -0.3 is 15.2 Å². The number of nitrogen functional groups attached to an aromatic ring is 1. The van der Waals surface area contributed by atoms with Gasteiger partial charge in [-0.15, -0.1) is 5.10 Å². The molecule has 0 spiro atoms. The van der Waals surface area contributed by atoms with Crippen LogP contribution in [0, 0.1) is 5.82 Å².